The Kier molecular flexibility index (Phi) is 5.43. The summed E-state index contributed by atoms with van der Waals surface area (Å²) in [5, 5.41) is 3.47. The Balaban J connectivity index is 1.48. The number of furan rings is 1. The molecule has 0 spiro atoms. The van der Waals surface area contributed by atoms with Crippen LogP contribution in [-0.4, -0.2) is 26.4 Å². The van der Waals surface area contributed by atoms with Gasteiger partial charge in [0.05, 0.1) is 18.2 Å². The fraction of sp³-hybridized carbons (Fsp3) is 0.0909. The highest BCUT2D eigenvalue weighted by Crippen LogP contribution is 2.27. The summed E-state index contributed by atoms with van der Waals surface area (Å²) in [6.45, 7) is 0.155. The summed E-state index contributed by atoms with van der Waals surface area (Å²) in [5.74, 6) is -0.888. The molecule has 2 aromatic heterocycles. The highest BCUT2D eigenvalue weighted by atomic mass is 32.2. The van der Waals surface area contributed by atoms with Gasteiger partial charge in [0.1, 0.15) is 16.5 Å². The zero-order chi connectivity index (χ0) is 22.0. The van der Waals surface area contributed by atoms with E-state index in [4.69, 9.17) is 9.15 Å². The summed E-state index contributed by atoms with van der Waals surface area (Å²) >= 11 is 0. The average molecular weight is 440 g/mol. The lowest BCUT2D eigenvalue weighted by Crippen LogP contribution is -2.22. The first-order valence-electron chi connectivity index (χ1n) is 9.18. The molecule has 9 heteroatoms. The van der Waals surface area contributed by atoms with E-state index in [-0.39, 0.29) is 22.9 Å². The summed E-state index contributed by atoms with van der Waals surface area (Å²) in [6.07, 6.45) is 3.13. The standard InChI is InChI=1S/C22H17FN2O5S/c1-29-16-4-7-18(23)21(11-16)31(27,28)17-5-2-14(3-6-17)12-25-22(26)19-10-15-8-9-24-13-20(15)30-19/h2-11,13H,12H2,1H3,(H,25,26). The molecule has 2 heterocycles. The van der Waals surface area contributed by atoms with Gasteiger partial charge in [0, 0.05) is 24.2 Å². The molecule has 0 unspecified atom stereocenters. The molecule has 2 aromatic carbocycles. The fourth-order valence-corrected chi connectivity index (χ4v) is 4.34. The molecular formula is C22H17FN2O5S. The van der Waals surface area contributed by atoms with E-state index in [9.17, 15) is 17.6 Å². The van der Waals surface area contributed by atoms with Crippen LogP contribution in [0, 0.1) is 5.82 Å². The number of hydrogen-bond acceptors (Lipinski definition) is 6. The van der Waals surface area contributed by atoms with Gasteiger partial charge in [-0.1, -0.05) is 12.1 Å². The third kappa shape index (κ3) is 4.13. The minimum atomic E-state index is -4.07. The number of carbonyl (C=O) groups is 1. The first kappa shape index (κ1) is 20.5. The van der Waals surface area contributed by atoms with E-state index < -0.39 is 26.5 Å². The van der Waals surface area contributed by atoms with Crippen LogP contribution in [0.5, 0.6) is 5.75 Å². The molecule has 4 aromatic rings. The molecule has 0 radical (unpaired) electrons. The van der Waals surface area contributed by atoms with Crippen molar-refractivity contribution in [2.45, 2.75) is 16.3 Å². The molecule has 1 amide bonds. The van der Waals surface area contributed by atoms with Gasteiger partial charge in [-0.25, -0.2) is 12.8 Å². The number of halogens is 1. The Morgan fingerprint density at radius 3 is 2.61 bits per heavy atom. The van der Waals surface area contributed by atoms with Crippen LogP contribution in [-0.2, 0) is 16.4 Å². The lowest BCUT2D eigenvalue weighted by molar-refractivity contribution is 0.0925. The second kappa shape index (κ2) is 8.19. The van der Waals surface area contributed by atoms with Crippen molar-refractivity contribution in [3.63, 3.8) is 0 Å². The normalized spacial score (nSPS) is 11.4. The molecule has 1 N–H and O–H groups in total. The highest BCUT2D eigenvalue weighted by Gasteiger charge is 2.22. The van der Waals surface area contributed by atoms with Crippen LogP contribution >= 0.6 is 0 Å². The van der Waals surface area contributed by atoms with Gasteiger partial charge in [-0.3, -0.25) is 9.78 Å². The summed E-state index contributed by atoms with van der Waals surface area (Å²) in [4.78, 5) is 15.7. The molecule has 0 bridgehead atoms. The monoisotopic (exact) mass is 440 g/mol. The van der Waals surface area contributed by atoms with Gasteiger partial charge in [-0.05, 0) is 42.0 Å². The minimum absolute atomic E-state index is 0.0699. The van der Waals surface area contributed by atoms with Crippen molar-refractivity contribution in [3.05, 3.63) is 84.1 Å². The van der Waals surface area contributed by atoms with Gasteiger partial charge in [-0.2, -0.15) is 0 Å². The molecule has 7 nitrogen and oxygen atoms in total. The Hall–Kier alpha value is -3.72. The quantitative estimate of drug-likeness (QED) is 0.491. The van der Waals surface area contributed by atoms with E-state index in [0.29, 0.717) is 11.1 Å². The number of pyridine rings is 1. The number of nitrogens with one attached hydrogen (secondary N) is 1. The summed E-state index contributed by atoms with van der Waals surface area (Å²) in [5.41, 5.74) is 1.17. The van der Waals surface area contributed by atoms with Crippen molar-refractivity contribution in [2.24, 2.45) is 0 Å². The SMILES string of the molecule is COc1ccc(F)c(S(=O)(=O)c2ccc(CNC(=O)c3cc4ccncc4o3)cc2)c1. The molecule has 0 saturated heterocycles. The first-order chi connectivity index (χ1) is 14.9. The zero-order valence-corrected chi connectivity index (χ0v) is 17.1. The average Bonchev–Trinajstić information content (AvgIpc) is 3.22. The van der Waals surface area contributed by atoms with Crippen molar-refractivity contribution in [3.8, 4) is 5.75 Å². The van der Waals surface area contributed by atoms with Crippen LogP contribution in [0.25, 0.3) is 11.0 Å². The van der Waals surface area contributed by atoms with Crippen molar-refractivity contribution in [1.29, 1.82) is 0 Å². The van der Waals surface area contributed by atoms with Gasteiger partial charge in [0.2, 0.25) is 9.84 Å². The maximum atomic E-state index is 14.1. The highest BCUT2D eigenvalue weighted by molar-refractivity contribution is 7.91. The number of aromatic nitrogens is 1. The van der Waals surface area contributed by atoms with Crippen LogP contribution < -0.4 is 10.1 Å². The smallest absolute Gasteiger partial charge is 0.287 e. The van der Waals surface area contributed by atoms with Crippen molar-refractivity contribution < 1.29 is 26.8 Å². The maximum Gasteiger partial charge on any atom is 0.287 e. The second-order valence-electron chi connectivity index (χ2n) is 6.65. The van der Waals surface area contributed by atoms with E-state index in [2.05, 4.69) is 10.3 Å². The van der Waals surface area contributed by atoms with Crippen LogP contribution in [0.1, 0.15) is 16.1 Å². The largest absolute Gasteiger partial charge is 0.497 e. The Labute approximate surface area is 177 Å². The zero-order valence-electron chi connectivity index (χ0n) is 16.3. The third-order valence-electron chi connectivity index (χ3n) is 4.66. The van der Waals surface area contributed by atoms with Crippen LogP contribution in [0.4, 0.5) is 4.39 Å². The van der Waals surface area contributed by atoms with Gasteiger partial charge >= 0.3 is 0 Å². The van der Waals surface area contributed by atoms with Crippen molar-refractivity contribution in [2.75, 3.05) is 7.11 Å². The molecule has 31 heavy (non-hydrogen) atoms. The number of benzene rings is 2. The van der Waals surface area contributed by atoms with Gasteiger partial charge < -0.3 is 14.5 Å². The molecule has 0 saturated carbocycles. The summed E-state index contributed by atoms with van der Waals surface area (Å²) in [7, 11) is -2.70. The molecule has 0 fully saturated rings. The molecule has 4 rings (SSSR count). The van der Waals surface area contributed by atoms with E-state index in [0.717, 1.165) is 17.5 Å². The topological polar surface area (TPSA) is 98.5 Å². The Morgan fingerprint density at radius 1 is 1.13 bits per heavy atom. The predicted octanol–water partition coefficient (Wildman–Crippen LogP) is 3.74. The van der Waals surface area contributed by atoms with Gasteiger partial charge in [0.25, 0.3) is 5.91 Å². The number of amides is 1. The number of fused-ring (bicyclic) bond motifs is 1. The second-order valence-corrected chi connectivity index (χ2v) is 8.57. The molecule has 0 aliphatic heterocycles. The predicted molar refractivity (Wildman–Crippen MR) is 110 cm³/mol. The molecule has 0 aliphatic carbocycles. The van der Waals surface area contributed by atoms with Crippen LogP contribution in [0.2, 0.25) is 0 Å². The fourth-order valence-electron chi connectivity index (χ4n) is 3.00. The van der Waals surface area contributed by atoms with E-state index in [1.165, 1.54) is 31.5 Å². The van der Waals surface area contributed by atoms with E-state index in [1.54, 1.807) is 30.5 Å². The van der Waals surface area contributed by atoms with Gasteiger partial charge in [-0.15, -0.1) is 0 Å². The van der Waals surface area contributed by atoms with E-state index >= 15 is 0 Å². The Bertz CT molecular complexity index is 1330. The Morgan fingerprint density at radius 2 is 1.90 bits per heavy atom. The molecule has 0 atom stereocenters. The lowest BCUT2D eigenvalue weighted by atomic mass is 10.2. The van der Waals surface area contributed by atoms with Crippen LogP contribution in [0.15, 0.2) is 81.2 Å². The number of ether oxygens (including phenoxy) is 1. The van der Waals surface area contributed by atoms with Crippen molar-refractivity contribution in [1.82, 2.24) is 10.3 Å². The first-order valence-corrected chi connectivity index (χ1v) is 10.7. The number of rotatable bonds is 6. The lowest BCUT2D eigenvalue weighted by Gasteiger charge is -2.09. The van der Waals surface area contributed by atoms with Crippen molar-refractivity contribution >= 4 is 26.7 Å². The summed E-state index contributed by atoms with van der Waals surface area (Å²) in [6, 6.07) is 12.7. The number of hydrogen-bond donors (Lipinski definition) is 1. The minimum Gasteiger partial charge on any atom is -0.497 e. The molecular weight excluding hydrogens is 423 g/mol. The molecule has 158 valence electrons. The number of sulfone groups is 1. The third-order valence-corrected chi connectivity index (χ3v) is 6.45. The number of nitrogens with zero attached hydrogens (tertiary/aromatic N) is 1. The molecule has 0 aliphatic rings. The van der Waals surface area contributed by atoms with Gasteiger partial charge in [0.15, 0.2) is 11.3 Å². The summed E-state index contributed by atoms with van der Waals surface area (Å²) < 4.78 is 50.1. The number of carbonyl (C=O) groups excluding carboxylic acids is 1. The number of methoxy groups -OCH3 is 1. The van der Waals surface area contributed by atoms with Crippen LogP contribution in [0.3, 0.4) is 0 Å². The maximum absolute atomic E-state index is 14.1. The van der Waals surface area contributed by atoms with E-state index in [1.807, 2.05) is 0 Å².